The molecule has 7 heteroatoms. The van der Waals surface area contributed by atoms with Crippen molar-refractivity contribution in [3.63, 3.8) is 0 Å². The van der Waals surface area contributed by atoms with Crippen molar-refractivity contribution in [1.82, 2.24) is 20.5 Å². The van der Waals surface area contributed by atoms with E-state index in [9.17, 15) is 4.79 Å². The van der Waals surface area contributed by atoms with Gasteiger partial charge in [-0.25, -0.2) is 4.98 Å². The number of carbonyl (C=O) groups is 1. The molecule has 2 aliphatic rings. The number of allylic oxidation sites excluding steroid dienone is 1. The van der Waals surface area contributed by atoms with Gasteiger partial charge in [0.1, 0.15) is 12.7 Å². The third kappa shape index (κ3) is 3.25. The van der Waals surface area contributed by atoms with Crippen molar-refractivity contribution in [2.24, 2.45) is 4.99 Å². The van der Waals surface area contributed by atoms with Gasteiger partial charge in [0.2, 0.25) is 11.8 Å². The van der Waals surface area contributed by atoms with Crippen LogP contribution >= 0.6 is 0 Å². The molecule has 0 bridgehead atoms. The minimum absolute atomic E-state index is 0.00983. The molecule has 1 amide bonds. The predicted molar refractivity (Wildman–Crippen MR) is 82.6 cm³/mol. The quantitative estimate of drug-likeness (QED) is 0.812. The molecular weight excluding hydrogens is 282 g/mol. The summed E-state index contributed by atoms with van der Waals surface area (Å²) in [5.74, 6) is 0.535. The maximum Gasteiger partial charge on any atom is 0.239 e. The molecule has 1 aromatic rings. The Morgan fingerprint density at radius 2 is 2.50 bits per heavy atom. The van der Waals surface area contributed by atoms with E-state index in [0.29, 0.717) is 32.2 Å². The SMILES string of the molecule is COc1cc(CNC(=O)C2CN3CN=CC=C3CN2)ccn1. The van der Waals surface area contributed by atoms with Crippen LogP contribution in [0.3, 0.4) is 0 Å². The number of hydrogen-bond donors (Lipinski definition) is 2. The van der Waals surface area contributed by atoms with Crippen LogP contribution < -0.4 is 15.4 Å². The molecule has 0 radical (unpaired) electrons. The summed E-state index contributed by atoms with van der Waals surface area (Å²) in [6.07, 6.45) is 5.46. The van der Waals surface area contributed by atoms with E-state index in [0.717, 1.165) is 5.56 Å². The van der Waals surface area contributed by atoms with E-state index in [4.69, 9.17) is 4.74 Å². The van der Waals surface area contributed by atoms with Gasteiger partial charge in [0.15, 0.2) is 0 Å². The molecule has 1 saturated heterocycles. The summed E-state index contributed by atoms with van der Waals surface area (Å²) in [6, 6.07) is 3.45. The molecule has 0 spiro atoms. The first-order valence-corrected chi connectivity index (χ1v) is 7.20. The van der Waals surface area contributed by atoms with Gasteiger partial charge in [0, 0.05) is 43.8 Å². The Hall–Kier alpha value is -2.41. The predicted octanol–water partition coefficient (Wildman–Crippen LogP) is -0.0940. The average molecular weight is 301 g/mol. The Labute approximate surface area is 129 Å². The van der Waals surface area contributed by atoms with Crippen LogP contribution in [0, 0.1) is 0 Å². The van der Waals surface area contributed by atoms with E-state index in [1.54, 1.807) is 13.3 Å². The maximum absolute atomic E-state index is 12.3. The van der Waals surface area contributed by atoms with Crippen molar-refractivity contribution in [3.05, 3.63) is 35.7 Å². The molecule has 2 N–H and O–H groups in total. The Kier molecular flexibility index (Phi) is 4.34. The highest BCUT2D eigenvalue weighted by atomic mass is 16.5. The lowest BCUT2D eigenvalue weighted by Gasteiger charge is -2.36. The summed E-state index contributed by atoms with van der Waals surface area (Å²) in [4.78, 5) is 22.7. The van der Waals surface area contributed by atoms with Crippen LogP contribution in [0.25, 0.3) is 0 Å². The number of ether oxygens (including phenoxy) is 1. The van der Waals surface area contributed by atoms with E-state index >= 15 is 0 Å². The van der Waals surface area contributed by atoms with Crippen LogP contribution in [-0.2, 0) is 11.3 Å². The molecule has 3 rings (SSSR count). The topological polar surface area (TPSA) is 78.8 Å². The van der Waals surface area contributed by atoms with Gasteiger partial charge in [-0.1, -0.05) is 0 Å². The minimum Gasteiger partial charge on any atom is -0.481 e. The highest BCUT2D eigenvalue weighted by molar-refractivity contribution is 5.82. The lowest BCUT2D eigenvalue weighted by Crippen LogP contribution is -2.56. The van der Waals surface area contributed by atoms with Crippen molar-refractivity contribution in [3.8, 4) is 5.88 Å². The number of fused-ring (bicyclic) bond motifs is 1. The number of nitrogens with zero attached hydrogens (tertiary/aromatic N) is 3. The van der Waals surface area contributed by atoms with Gasteiger partial charge in [0.05, 0.1) is 7.11 Å². The van der Waals surface area contributed by atoms with Crippen LogP contribution in [0.1, 0.15) is 5.56 Å². The van der Waals surface area contributed by atoms with Gasteiger partial charge >= 0.3 is 0 Å². The van der Waals surface area contributed by atoms with Crippen molar-refractivity contribution >= 4 is 12.1 Å². The van der Waals surface area contributed by atoms with E-state index in [1.807, 2.05) is 24.4 Å². The Morgan fingerprint density at radius 1 is 1.59 bits per heavy atom. The Morgan fingerprint density at radius 3 is 3.36 bits per heavy atom. The summed E-state index contributed by atoms with van der Waals surface area (Å²) in [5.41, 5.74) is 2.14. The van der Waals surface area contributed by atoms with Crippen LogP contribution in [0.5, 0.6) is 5.88 Å². The summed E-state index contributed by atoms with van der Waals surface area (Å²) in [6.45, 7) is 2.40. The molecule has 0 aromatic carbocycles. The molecular formula is C15H19N5O2. The first-order chi connectivity index (χ1) is 10.8. The molecule has 1 atom stereocenters. The lowest BCUT2D eigenvalue weighted by atomic mass is 10.1. The zero-order chi connectivity index (χ0) is 15.4. The molecule has 22 heavy (non-hydrogen) atoms. The molecule has 0 aliphatic carbocycles. The van der Waals surface area contributed by atoms with Crippen molar-refractivity contribution in [2.75, 3.05) is 26.9 Å². The number of aromatic nitrogens is 1. The van der Waals surface area contributed by atoms with Gasteiger partial charge in [-0.05, 0) is 17.7 Å². The average Bonchev–Trinajstić information content (AvgIpc) is 2.59. The van der Waals surface area contributed by atoms with E-state index in [2.05, 4.69) is 25.5 Å². The van der Waals surface area contributed by atoms with E-state index in [1.165, 1.54) is 5.70 Å². The number of carbonyl (C=O) groups excluding carboxylic acids is 1. The Balaban J connectivity index is 1.54. The van der Waals surface area contributed by atoms with Crippen molar-refractivity contribution < 1.29 is 9.53 Å². The van der Waals surface area contributed by atoms with Crippen LogP contribution in [-0.4, -0.2) is 54.9 Å². The molecule has 1 aromatic heterocycles. The zero-order valence-corrected chi connectivity index (χ0v) is 12.5. The first-order valence-electron chi connectivity index (χ1n) is 7.20. The van der Waals surface area contributed by atoms with Crippen molar-refractivity contribution in [2.45, 2.75) is 12.6 Å². The largest absolute Gasteiger partial charge is 0.481 e. The highest BCUT2D eigenvalue weighted by Crippen LogP contribution is 2.13. The van der Waals surface area contributed by atoms with Gasteiger partial charge in [0.25, 0.3) is 0 Å². The summed E-state index contributed by atoms with van der Waals surface area (Å²) in [5, 5.41) is 6.20. The molecule has 3 heterocycles. The summed E-state index contributed by atoms with van der Waals surface area (Å²) in [7, 11) is 1.57. The lowest BCUT2D eigenvalue weighted by molar-refractivity contribution is -0.124. The number of methoxy groups -OCH3 is 1. The molecule has 7 nitrogen and oxygen atoms in total. The van der Waals surface area contributed by atoms with Gasteiger partial charge < -0.3 is 15.0 Å². The van der Waals surface area contributed by atoms with E-state index < -0.39 is 0 Å². The van der Waals surface area contributed by atoms with Gasteiger partial charge in [-0.3, -0.25) is 15.1 Å². The monoisotopic (exact) mass is 301 g/mol. The maximum atomic E-state index is 12.3. The second-order valence-electron chi connectivity index (χ2n) is 5.21. The number of aliphatic imine (C=N–C) groups is 1. The molecule has 1 fully saturated rings. The number of piperazine rings is 1. The molecule has 0 saturated carbocycles. The van der Waals surface area contributed by atoms with Gasteiger partial charge in [-0.15, -0.1) is 0 Å². The minimum atomic E-state index is -0.228. The first kappa shape index (κ1) is 14.5. The third-order valence-electron chi connectivity index (χ3n) is 3.76. The van der Waals surface area contributed by atoms with Crippen molar-refractivity contribution in [1.29, 1.82) is 0 Å². The fourth-order valence-corrected chi connectivity index (χ4v) is 2.50. The summed E-state index contributed by atoms with van der Waals surface area (Å²) < 4.78 is 5.07. The second kappa shape index (κ2) is 6.57. The standard InChI is InChI=1S/C15H19N5O2/c1-22-14-6-11(2-5-17-14)7-19-15(21)13-9-20-10-16-4-3-12(20)8-18-13/h2-6,13,18H,7-10H2,1H3,(H,19,21). The van der Waals surface area contributed by atoms with Gasteiger partial charge in [-0.2, -0.15) is 0 Å². The second-order valence-corrected chi connectivity index (χ2v) is 5.21. The fraction of sp³-hybridized carbons (Fsp3) is 0.400. The van der Waals surface area contributed by atoms with Crippen LogP contribution in [0.15, 0.2) is 35.1 Å². The molecule has 2 aliphatic heterocycles. The fourth-order valence-electron chi connectivity index (χ4n) is 2.50. The number of hydrogen-bond acceptors (Lipinski definition) is 6. The zero-order valence-electron chi connectivity index (χ0n) is 12.5. The highest BCUT2D eigenvalue weighted by Gasteiger charge is 2.27. The normalized spacial score (nSPS) is 20.1. The number of rotatable bonds is 4. The molecule has 1 unspecified atom stereocenters. The number of nitrogens with one attached hydrogen (secondary N) is 2. The van der Waals surface area contributed by atoms with Crippen LogP contribution in [0.2, 0.25) is 0 Å². The number of pyridine rings is 1. The Bertz CT molecular complexity index is 614. The number of amides is 1. The third-order valence-corrected chi connectivity index (χ3v) is 3.76. The van der Waals surface area contributed by atoms with Crippen LogP contribution in [0.4, 0.5) is 0 Å². The van der Waals surface area contributed by atoms with E-state index in [-0.39, 0.29) is 11.9 Å². The summed E-state index contributed by atoms with van der Waals surface area (Å²) >= 11 is 0. The molecule has 116 valence electrons. The smallest absolute Gasteiger partial charge is 0.239 e.